The molecule has 6 aromatic rings. The highest BCUT2D eigenvalue weighted by Crippen LogP contribution is 2.16. The van der Waals surface area contributed by atoms with Crippen LogP contribution in [0.15, 0.2) is 164 Å². The number of carbonyl (C=O) groups is 1. The summed E-state index contributed by atoms with van der Waals surface area (Å²) in [7, 11) is 5.29. The van der Waals surface area contributed by atoms with Crippen molar-refractivity contribution in [2.24, 2.45) is 5.73 Å². The van der Waals surface area contributed by atoms with Crippen LogP contribution >= 0.6 is 36.7 Å². The first-order valence-corrected chi connectivity index (χ1v) is 20.5. The Labute approximate surface area is 376 Å². The Morgan fingerprint density at radius 2 is 0.754 bits per heavy atom. The quantitative estimate of drug-likeness (QED) is 0.0465. The van der Waals surface area contributed by atoms with Crippen LogP contribution in [-0.2, 0) is 32.9 Å². The SMILES string of the molecule is CNC(=S)NCc1ccc(OCc2ccccc2)cc1.CNC(=S)NCc1ccc(OCc2ccccc2)cc1.CNC(N)=S.O=Cc1ccc(OCc2ccccc2)cc1. The van der Waals surface area contributed by atoms with Gasteiger partial charge in [0, 0.05) is 39.8 Å². The van der Waals surface area contributed by atoms with Crippen molar-refractivity contribution >= 4 is 58.3 Å². The van der Waals surface area contributed by atoms with Crippen LogP contribution in [-0.4, -0.2) is 42.8 Å². The van der Waals surface area contributed by atoms with E-state index in [4.69, 9.17) is 44.4 Å². The van der Waals surface area contributed by atoms with Gasteiger partial charge >= 0.3 is 0 Å². The molecule has 0 saturated heterocycles. The second-order valence-corrected chi connectivity index (χ2v) is 14.0. The van der Waals surface area contributed by atoms with Gasteiger partial charge in [0.1, 0.15) is 43.4 Å². The Balaban J connectivity index is 0.000000232. The molecular formula is C48H54N6O4S3. The number of nitrogens with one attached hydrogen (secondary N) is 5. The monoisotopic (exact) mass is 874 g/mol. The van der Waals surface area contributed by atoms with E-state index in [-0.39, 0.29) is 0 Å². The number of carbonyl (C=O) groups excluding carboxylic acids is 1. The third kappa shape index (κ3) is 21.9. The molecule has 0 spiro atoms. The van der Waals surface area contributed by atoms with Gasteiger partial charge in [0.2, 0.25) is 0 Å². The van der Waals surface area contributed by atoms with Gasteiger partial charge in [0.15, 0.2) is 15.3 Å². The molecule has 0 heterocycles. The van der Waals surface area contributed by atoms with Crippen LogP contribution in [0, 0.1) is 0 Å². The summed E-state index contributed by atoms with van der Waals surface area (Å²) in [6, 6.07) is 53.3. The molecule has 0 amide bonds. The van der Waals surface area contributed by atoms with E-state index in [1.807, 2.05) is 115 Å². The number of ether oxygens (including phenoxy) is 3. The highest BCUT2D eigenvalue weighted by Gasteiger charge is 2.00. The zero-order chi connectivity index (χ0) is 43.9. The van der Waals surface area contributed by atoms with E-state index in [9.17, 15) is 4.79 Å². The molecule has 0 bridgehead atoms. The molecule has 10 nitrogen and oxygen atoms in total. The molecule has 318 valence electrons. The highest BCUT2D eigenvalue weighted by atomic mass is 32.1. The maximum absolute atomic E-state index is 10.5. The molecule has 0 aliphatic rings. The van der Waals surface area contributed by atoms with Crippen LogP contribution in [0.2, 0.25) is 0 Å². The first kappa shape index (κ1) is 48.8. The molecule has 0 aliphatic heterocycles. The predicted octanol–water partition coefficient (Wildman–Crippen LogP) is 8.25. The standard InChI is InChI=1S/2C16H18N2OS.C14H12O2.C2H6N2S/c2*1-17-16(20)18-11-13-7-9-15(10-8-13)19-12-14-5-3-2-4-6-14;15-10-12-6-8-14(9-7-12)16-11-13-4-2-1-3-5-13;1-4-2(3)5/h2*2-10H,11-12H2,1H3,(H2,17,18,20);1-10H,11H2;1H3,(H3,3,4,5). The van der Waals surface area contributed by atoms with Crippen LogP contribution in [0.1, 0.15) is 38.2 Å². The van der Waals surface area contributed by atoms with Crippen molar-refractivity contribution in [3.8, 4) is 17.2 Å². The van der Waals surface area contributed by atoms with E-state index >= 15 is 0 Å². The second kappa shape index (κ2) is 29.6. The predicted molar refractivity (Wildman–Crippen MR) is 260 cm³/mol. The molecule has 0 saturated carbocycles. The lowest BCUT2D eigenvalue weighted by Crippen LogP contribution is -2.31. The van der Waals surface area contributed by atoms with E-state index < -0.39 is 0 Å². The normalized spacial score (nSPS) is 9.56. The van der Waals surface area contributed by atoms with Crippen molar-refractivity contribution in [2.45, 2.75) is 32.9 Å². The minimum atomic E-state index is 0.338. The molecule has 0 aromatic heterocycles. The Kier molecular flexibility index (Phi) is 23.7. The molecule has 0 aliphatic carbocycles. The van der Waals surface area contributed by atoms with Gasteiger partial charge in [0.05, 0.1) is 0 Å². The fourth-order valence-corrected chi connectivity index (χ4v) is 4.96. The molecule has 0 atom stereocenters. The van der Waals surface area contributed by atoms with Crippen molar-refractivity contribution in [1.82, 2.24) is 26.6 Å². The van der Waals surface area contributed by atoms with Crippen molar-refractivity contribution in [2.75, 3.05) is 21.1 Å². The lowest BCUT2D eigenvalue weighted by atomic mass is 10.2. The maximum Gasteiger partial charge on any atom is 0.166 e. The zero-order valence-corrected chi connectivity index (χ0v) is 37.1. The van der Waals surface area contributed by atoms with E-state index in [1.165, 1.54) is 0 Å². The summed E-state index contributed by atoms with van der Waals surface area (Å²) in [5, 5.41) is 16.1. The van der Waals surface area contributed by atoms with Gasteiger partial charge in [-0.25, -0.2) is 0 Å². The van der Waals surface area contributed by atoms with Gasteiger partial charge < -0.3 is 46.5 Å². The highest BCUT2D eigenvalue weighted by molar-refractivity contribution is 7.80. The molecule has 7 N–H and O–H groups in total. The van der Waals surface area contributed by atoms with Gasteiger partial charge in [-0.15, -0.1) is 0 Å². The van der Waals surface area contributed by atoms with Crippen molar-refractivity contribution in [1.29, 1.82) is 0 Å². The average molecular weight is 875 g/mol. The van der Waals surface area contributed by atoms with Gasteiger partial charge in [-0.1, -0.05) is 115 Å². The van der Waals surface area contributed by atoms with Gasteiger partial charge in [-0.2, -0.15) is 0 Å². The molecule has 0 fully saturated rings. The summed E-state index contributed by atoms with van der Waals surface area (Å²) in [6.45, 7) is 3.13. The number of aldehydes is 1. The van der Waals surface area contributed by atoms with E-state index in [2.05, 4.69) is 63.1 Å². The minimum Gasteiger partial charge on any atom is -0.489 e. The Morgan fingerprint density at radius 1 is 0.459 bits per heavy atom. The fraction of sp³-hybridized carbons (Fsp3) is 0.167. The van der Waals surface area contributed by atoms with Crippen molar-refractivity contribution < 1.29 is 19.0 Å². The van der Waals surface area contributed by atoms with Crippen LogP contribution in [0.4, 0.5) is 0 Å². The van der Waals surface area contributed by atoms with E-state index in [0.29, 0.717) is 53.8 Å². The Hall–Kier alpha value is -6.54. The molecule has 0 radical (unpaired) electrons. The number of nitrogens with two attached hydrogens (primary N) is 1. The lowest BCUT2D eigenvalue weighted by Gasteiger charge is -2.09. The van der Waals surface area contributed by atoms with Crippen molar-refractivity contribution in [3.05, 3.63) is 197 Å². The molecule has 0 unspecified atom stereocenters. The largest absolute Gasteiger partial charge is 0.489 e. The van der Waals surface area contributed by atoms with Gasteiger partial charge in [0.25, 0.3) is 0 Å². The third-order valence-electron chi connectivity index (χ3n) is 8.21. The molecule has 6 rings (SSSR count). The fourth-order valence-electron chi connectivity index (χ4n) is 4.81. The first-order chi connectivity index (χ1) is 29.7. The van der Waals surface area contributed by atoms with Crippen LogP contribution in [0.25, 0.3) is 0 Å². The molecule has 6 aromatic carbocycles. The smallest absolute Gasteiger partial charge is 0.166 e. The second-order valence-electron chi connectivity index (χ2n) is 12.8. The minimum absolute atomic E-state index is 0.338. The number of hydrogen-bond acceptors (Lipinski definition) is 7. The Morgan fingerprint density at radius 3 is 1.02 bits per heavy atom. The summed E-state index contributed by atoms with van der Waals surface area (Å²) >= 11 is 14.4. The number of thiocarbonyl (C=S) groups is 3. The number of hydrogen-bond donors (Lipinski definition) is 6. The average Bonchev–Trinajstić information content (AvgIpc) is 3.32. The van der Waals surface area contributed by atoms with E-state index in [0.717, 1.165) is 51.4 Å². The molecule has 13 heteroatoms. The van der Waals surface area contributed by atoms with E-state index in [1.54, 1.807) is 45.4 Å². The summed E-state index contributed by atoms with van der Waals surface area (Å²) < 4.78 is 17.0. The summed E-state index contributed by atoms with van der Waals surface area (Å²) in [6.07, 6.45) is 0.820. The maximum atomic E-state index is 10.5. The number of rotatable bonds is 14. The number of benzene rings is 6. The molecule has 61 heavy (non-hydrogen) atoms. The lowest BCUT2D eigenvalue weighted by molar-refractivity contribution is 0.112. The Bertz CT molecular complexity index is 2030. The topological polar surface area (TPSA) is 131 Å². The summed E-state index contributed by atoms with van der Waals surface area (Å²) in [5.74, 6) is 2.51. The summed E-state index contributed by atoms with van der Waals surface area (Å²) in [4.78, 5) is 10.5. The van der Waals surface area contributed by atoms with Crippen molar-refractivity contribution in [3.63, 3.8) is 0 Å². The zero-order valence-electron chi connectivity index (χ0n) is 34.6. The van der Waals surface area contributed by atoms with Crippen LogP contribution < -0.4 is 46.5 Å². The van der Waals surface area contributed by atoms with Gasteiger partial charge in [-0.3, -0.25) is 4.79 Å². The third-order valence-corrected chi connectivity index (χ3v) is 9.12. The van der Waals surface area contributed by atoms with Crippen LogP contribution in [0.3, 0.4) is 0 Å². The summed E-state index contributed by atoms with van der Waals surface area (Å²) in [5.41, 5.74) is 11.4. The first-order valence-electron chi connectivity index (χ1n) is 19.3. The van der Waals surface area contributed by atoms with Crippen LogP contribution in [0.5, 0.6) is 17.2 Å². The van der Waals surface area contributed by atoms with Gasteiger partial charge in [-0.05, 0) is 113 Å². The molecular weight excluding hydrogens is 821 g/mol.